The summed E-state index contributed by atoms with van der Waals surface area (Å²) < 4.78 is 13.0. The zero-order valence-electron chi connectivity index (χ0n) is 24.9. The van der Waals surface area contributed by atoms with Gasteiger partial charge in [0.15, 0.2) is 6.29 Å². The van der Waals surface area contributed by atoms with Crippen molar-refractivity contribution in [2.45, 2.75) is 76.5 Å². The third-order valence-electron chi connectivity index (χ3n) is 7.59. The second-order valence-corrected chi connectivity index (χ2v) is 11.2. The summed E-state index contributed by atoms with van der Waals surface area (Å²) in [6.45, 7) is 1.56. The largest absolute Gasteiger partial charge is 0.481 e. The second-order valence-electron chi connectivity index (χ2n) is 11.2. The monoisotopic (exact) mass is 589 g/mol. The van der Waals surface area contributed by atoms with Crippen LogP contribution in [0, 0.1) is 0 Å². The van der Waals surface area contributed by atoms with E-state index in [1.54, 1.807) is 0 Å². The first-order valence-electron chi connectivity index (χ1n) is 15.1. The fraction of sp³-hybridized carbons (Fsp3) is 0.441. The topological polar surface area (TPSA) is 121 Å². The lowest BCUT2D eigenvalue weighted by Gasteiger charge is -2.38. The SMILES string of the molecule is CN(CCc1ccccn1)C[C@@H]1C[C@H](c2ccc(CO)cc2)O[C@H](c2cccc(NC(=O)CCCCCCC(=O)O)c2)O1. The van der Waals surface area contributed by atoms with Crippen LogP contribution >= 0.6 is 0 Å². The molecular weight excluding hydrogens is 546 g/mol. The van der Waals surface area contributed by atoms with E-state index in [1.807, 2.05) is 72.9 Å². The summed E-state index contributed by atoms with van der Waals surface area (Å²) in [6, 6.07) is 21.4. The highest BCUT2D eigenvalue weighted by molar-refractivity contribution is 5.90. The van der Waals surface area contributed by atoms with Gasteiger partial charge in [-0.1, -0.05) is 55.3 Å². The first-order chi connectivity index (χ1) is 20.9. The number of rotatable bonds is 16. The van der Waals surface area contributed by atoms with E-state index in [4.69, 9.17) is 14.6 Å². The van der Waals surface area contributed by atoms with Crippen LogP contribution in [0.15, 0.2) is 72.9 Å². The minimum Gasteiger partial charge on any atom is -0.481 e. The fourth-order valence-electron chi connectivity index (χ4n) is 5.23. The second kappa shape index (κ2) is 16.9. The van der Waals surface area contributed by atoms with E-state index in [-0.39, 0.29) is 31.1 Å². The Balaban J connectivity index is 1.38. The van der Waals surface area contributed by atoms with Crippen molar-refractivity contribution >= 4 is 17.6 Å². The van der Waals surface area contributed by atoms with Gasteiger partial charge >= 0.3 is 5.97 Å². The zero-order valence-corrected chi connectivity index (χ0v) is 24.9. The number of hydrogen-bond acceptors (Lipinski definition) is 7. The first kappa shape index (κ1) is 32.3. The van der Waals surface area contributed by atoms with Crippen molar-refractivity contribution in [3.8, 4) is 0 Å². The van der Waals surface area contributed by atoms with Gasteiger partial charge in [0.2, 0.25) is 5.91 Å². The Morgan fingerprint density at radius 2 is 1.74 bits per heavy atom. The maximum Gasteiger partial charge on any atom is 0.303 e. The van der Waals surface area contributed by atoms with Gasteiger partial charge in [0.05, 0.1) is 18.8 Å². The highest BCUT2D eigenvalue weighted by Crippen LogP contribution is 2.38. The highest BCUT2D eigenvalue weighted by atomic mass is 16.7. The molecule has 1 amide bonds. The van der Waals surface area contributed by atoms with Crippen molar-refractivity contribution in [1.29, 1.82) is 0 Å². The van der Waals surface area contributed by atoms with E-state index >= 15 is 0 Å². The molecule has 0 spiro atoms. The number of carbonyl (C=O) groups excluding carboxylic acids is 1. The number of nitrogens with zero attached hydrogens (tertiary/aromatic N) is 2. The van der Waals surface area contributed by atoms with Crippen LogP contribution in [0.3, 0.4) is 0 Å². The van der Waals surface area contributed by atoms with Crippen molar-refractivity contribution in [2.24, 2.45) is 0 Å². The maximum absolute atomic E-state index is 12.6. The van der Waals surface area contributed by atoms with Gasteiger partial charge in [-0.15, -0.1) is 0 Å². The minimum absolute atomic E-state index is 0.00946. The standard InChI is InChI=1S/C34H43N3O6/c1-37(20-18-28-10-6-7-19-35-28)23-30-22-31(26-16-14-25(24-38)15-17-26)43-34(42-30)27-9-8-11-29(21-27)36-32(39)12-4-2-3-5-13-33(40)41/h6-11,14-17,19,21,30-31,34,38H,2-5,12-13,18,20,22-24H2,1H3,(H,36,39)(H,40,41)/t30-,31+,34+/m0/s1. The molecule has 2 aromatic carbocycles. The van der Waals surface area contributed by atoms with E-state index in [1.165, 1.54) is 0 Å². The molecule has 230 valence electrons. The first-order valence-corrected chi connectivity index (χ1v) is 15.1. The van der Waals surface area contributed by atoms with Gasteiger partial charge in [-0.3, -0.25) is 14.6 Å². The summed E-state index contributed by atoms with van der Waals surface area (Å²) in [7, 11) is 2.09. The quantitative estimate of drug-likeness (QED) is 0.183. The van der Waals surface area contributed by atoms with Crippen LogP contribution in [0.2, 0.25) is 0 Å². The minimum atomic E-state index is -0.784. The molecule has 1 saturated heterocycles. The molecule has 4 rings (SSSR count). The predicted octanol–water partition coefficient (Wildman–Crippen LogP) is 5.66. The molecule has 1 aliphatic heterocycles. The molecule has 1 aliphatic rings. The van der Waals surface area contributed by atoms with Gasteiger partial charge < -0.3 is 29.9 Å². The molecule has 1 aromatic heterocycles. The molecule has 3 atom stereocenters. The Kier molecular flexibility index (Phi) is 12.7. The molecule has 3 N–H and O–H groups in total. The number of benzene rings is 2. The summed E-state index contributed by atoms with van der Waals surface area (Å²) >= 11 is 0. The van der Waals surface area contributed by atoms with Crippen molar-refractivity contribution in [3.05, 3.63) is 95.3 Å². The summed E-state index contributed by atoms with van der Waals surface area (Å²) in [5.74, 6) is -0.858. The molecule has 3 aromatic rings. The molecule has 9 nitrogen and oxygen atoms in total. The Labute approximate surface area is 253 Å². The van der Waals surface area contributed by atoms with Gasteiger partial charge in [0.1, 0.15) is 0 Å². The Bertz CT molecular complexity index is 1290. The number of aliphatic hydroxyl groups excluding tert-OH is 1. The number of pyridine rings is 1. The lowest BCUT2D eigenvalue weighted by molar-refractivity contribution is -0.252. The lowest BCUT2D eigenvalue weighted by atomic mass is 9.99. The molecular formula is C34H43N3O6. The van der Waals surface area contributed by atoms with Crippen LogP contribution in [0.5, 0.6) is 0 Å². The molecule has 0 radical (unpaired) electrons. The van der Waals surface area contributed by atoms with E-state index in [2.05, 4.69) is 22.2 Å². The zero-order chi connectivity index (χ0) is 30.4. The normalized spacial score (nSPS) is 18.4. The molecule has 0 aliphatic carbocycles. The van der Waals surface area contributed by atoms with E-state index in [9.17, 15) is 14.7 Å². The van der Waals surface area contributed by atoms with Gasteiger partial charge in [0, 0.05) is 61.9 Å². The smallest absolute Gasteiger partial charge is 0.303 e. The van der Waals surface area contributed by atoms with Crippen LogP contribution in [-0.4, -0.2) is 58.2 Å². The number of hydrogen-bond donors (Lipinski definition) is 3. The van der Waals surface area contributed by atoms with E-state index < -0.39 is 12.3 Å². The molecule has 1 fully saturated rings. The summed E-state index contributed by atoms with van der Waals surface area (Å²) in [5, 5.41) is 21.2. The number of anilines is 1. The van der Waals surface area contributed by atoms with Crippen molar-refractivity contribution in [1.82, 2.24) is 9.88 Å². The molecule has 0 unspecified atom stereocenters. The summed E-state index contributed by atoms with van der Waals surface area (Å²) in [4.78, 5) is 29.9. The molecule has 43 heavy (non-hydrogen) atoms. The number of amides is 1. The number of nitrogens with one attached hydrogen (secondary N) is 1. The number of aliphatic hydroxyl groups is 1. The van der Waals surface area contributed by atoms with Gasteiger partial charge in [-0.25, -0.2) is 0 Å². The van der Waals surface area contributed by atoms with Crippen molar-refractivity contribution in [2.75, 3.05) is 25.5 Å². The van der Waals surface area contributed by atoms with E-state index in [0.29, 0.717) is 31.4 Å². The molecule has 0 bridgehead atoms. The van der Waals surface area contributed by atoms with Crippen molar-refractivity contribution in [3.63, 3.8) is 0 Å². The number of unbranched alkanes of at least 4 members (excludes halogenated alkanes) is 3. The number of ether oxygens (including phenoxy) is 2. The van der Waals surface area contributed by atoms with Crippen LogP contribution in [0.25, 0.3) is 0 Å². The van der Waals surface area contributed by atoms with Gasteiger partial charge in [0.25, 0.3) is 0 Å². The maximum atomic E-state index is 12.6. The highest BCUT2D eigenvalue weighted by Gasteiger charge is 2.33. The molecule has 0 saturated carbocycles. The Morgan fingerprint density at radius 3 is 2.47 bits per heavy atom. The molecule has 9 heteroatoms. The average molecular weight is 590 g/mol. The van der Waals surface area contributed by atoms with Crippen LogP contribution < -0.4 is 5.32 Å². The third kappa shape index (κ3) is 10.9. The average Bonchev–Trinajstić information content (AvgIpc) is 3.02. The summed E-state index contributed by atoms with van der Waals surface area (Å²) in [6.07, 6.45) is 5.97. The van der Waals surface area contributed by atoms with Crippen LogP contribution in [-0.2, 0) is 32.1 Å². The third-order valence-corrected chi connectivity index (χ3v) is 7.59. The van der Waals surface area contributed by atoms with Crippen LogP contribution in [0.4, 0.5) is 5.69 Å². The predicted molar refractivity (Wildman–Crippen MR) is 164 cm³/mol. The Morgan fingerprint density at radius 1 is 0.953 bits per heavy atom. The number of aromatic nitrogens is 1. The summed E-state index contributed by atoms with van der Waals surface area (Å²) in [5.41, 5.74) is 4.43. The molecule has 2 heterocycles. The number of carbonyl (C=O) groups is 2. The fourth-order valence-corrected chi connectivity index (χ4v) is 5.23. The Hall–Kier alpha value is -3.63. The number of carboxylic acids is 1. The van der Waals surface area contributed by atoms with Gasteiger partial charge in [-0.05, 0) is 55.3 Å². The van der Waals surface area contributed by atoms with Crippen molar-refractivity contribution < 1.29 is 29.3 Å². The number of likely N-dealkylation sites (N-methyl/N-ethyl adjacent to an activating group) is 1. The van der Waals surface area contributed by atoms with Crippen LogP contribution in [0.1, 0.15) is 79.7 Å². The number of aliphatic carboxylic acids is 1. The van der Waals surface area contributed by atoms with E-state index in [0.717, 1.165) is 54.7 Å². The van der Waals surface area contributed by atoms with Gasteiger partial charge in [-0.2, -0.15) is 0 Å². The lowest BCUT2D eigenvalue weighted by Crippen LogP contribution is -2.38. The number of carboxylic acid groups (broad SMARTS) is 1.